The zero-order chi connectivity index (χ0) is 22.6. The summed E-state index contributed by atoms with van der Waals surface area (Å²) in [6.07, 6.45) is 4.72. The van der Waals surface area contributed by atoms with Crippen LogP contribution in [0.4, 0.5) is 15.8 Å². The van der Waals surface area contributed by atoms with E-state index >= 15 is 0 Å². The monoisotopic (exact) mass is 434 g/mol. The van der Waals surface area contributed by atoms with Crippen molar-refractivity contribution >= 4 is 35.2 Å². The molecule has 4 atom stereocenters. The van der Waals surface area contributed by atoms with E-state index in [-0.39, 0.29) is 16.9 Å². The Hall–Kier alpha value is -4.21. The largest absolute Gasteiger partial charge is 0.292 e. The first kappa shape index (κ1) is 19.7. The molecule has 0 spiro atoms. The van der Waals surface area contributed by atoms with Crippen molar-refractivity contribution in [3.05, 3.63) is 82.2 Å². The van der Waals surface area contributed by atoms with E-state index in [0.29, 0.717) is 0 Å². The molecule has 0 bridgehead atoms. The zero-order valence-corrected chi connectivity index (χ0v) is 16.4. The van der Waals surface area contributed by atoms with Crippen LogP contribution in [0, 0.1) is 27.8 Å². The summed E-state index contributed by atoms with van der Waals surface area (Å²) in [4.78, 5) is 51.4. The van der Waals surface area contributed by atoms with Gasteiger partial charge in [0, 0.05) is 23.9 Å². The van der Waals surface area contributed by atoms with E-state index < -0.39 is 52.3 Å². The van der Waals surface area contributed by atoms with Crippen LogP contribution in [-0.2, 0) is 9.59 Å². The number of rotatable bonds is 4. The minimum absolute atomic E-state index is 0.0259. The Kier molecular flexibility index (Phi) is 4.43. The van der Waals surface area contributed by atoms with Crippen molar-refractivity contribution in [2.45, 2.75) is 12.1 Å². The molecule has 2 amide bonds. The average molecular weight is 434 g/mol. The lowest BCUT2D eigenvalue weighted by Crippen LogP contribution is -2.46. The number of hydrogen-bond donors (Lipinski definition) is 0. The molecule has 2 saturated heterocycles. The third-order valence-corrected chi connectivity index (χ3v) is 5.99. The van der Waals surface area contributed by atoms with Gasteiger partial charge in [0.05, 0.1) is 28.5 Å². The summed E-state index contributed by atoms with van der Waals surface area (Å²) >= 11 is 0. The topological polar surface area (TPSA) is 113 Å². The minimum Gasteiger partial charge on any atom is -0.292 e. The molecule has 0 aliphatic carbocycles. The highest BCUT2D eigenvalue weighted by Crippen LogP contribution is 2.46. The van der Waals surface area contributed by atoms with Gasteiger partial charge < -0.3 is 0 Å². The van der Waals surface area contributed by atoms with Crippen LogP contribution in [0.5, 0.6) is 0 Å². The number of imide groups is 1. The quantitative estimate of drug-likeness (QED) is 0.316. The highest BCUT2D eigenvalue weighted by molar-refractivity contribution is 6.24. The molecule has 32 heavy (non-hydrogen) atoms. The molecule has 0 saturated carbocycles. The van der Waals surface area contributed by atoms with Crippen molar-refractivity contribution in [2.75, 3.05) is 4.90 Å². The number of nitrogens with zero attached hydrogens (tertiary/aromatic N) is 4. The van der Waals surface area contributed by atoms with Crippen LogP contribution >= 0.6 is 0 Å². The van der Waals surface area contributed by atoms with Gasteiger partial charge in [0.1, 0.15) is 11.9 Å². The second kappa shape index (κ2) is 7.19. The number of allylic oxidation sites excluding steroid dienone is 1. The van der Waals surface area contributed by atoms with E-state index in [2.05, 4.69) is 5.10 Å². The average Bonchev–Trinajstić information content (AvgIpc) is 3.27. The Morgan fingerprint density at radius 3 is 2.56 bits per heavy atom. The molecule has 5 rings (SSSR count). The number of amides is 2. The number of fused-ring (bicyclic) bond motifs is 3. The van der Waals surface area contributed by atoms with Gasteiger partial charge in [-0.3, -0.25) is 29.5 Å². The highest BCUT2D eigenvalue weighted by Gasteiger charge is 2.64. The minimum atomic E-state index is -1.17. The first-order valence-electron chi connectivity index (χ1n) is 9.80. The highest BCUT2D eigenvalue weighted by atomic mass is 19.1. The van der Waals surface area contributed by atoms with E-state index in [0.717, 1.165) is 17.0 Å². The standard InChI is InChI=1S/C22H15FN4O5/c23-14-7-1-2-8-15(14)25-21(29)17-16-9-4-10-24-26(16)19(18(17)22(25)30)20(28)12-5-3-6-13(11-12)27(31)32/h1-11,16-19H/t16-,17+,18-,19+/m1/s1. The van der Waals surface area contributed by atoms with Gasteiger partial charge in [0.2, 0.25) is 11.8 Å². The molecule has 10 heteroatoms. The number of para-hydroxylation sites is 1. The van der Waals surface area contributed by atoms with Crippen LogP contribution in [-0.4, -0.2) is 45.8 Å². The molecule has 9 nitrogen and oxygen atoms in total. The number of carbonyl (C=O) groups excluding carboxylic acids is 3. The number of nitro benzene ring substituents is 1. The lowest BCUT2D eigenvalue weighted by atomic mass is 9.86. The third kappa shape index (κ3) is 2.76. The van der Waals surface area contributed by atoms with Crippen LogP contribution in [0.3, 0.4) is 0 Å². The van der Waals surface area contributed by atoms with Crippen molar-refractivity contribution in [1.82, 2.24) is 5.01 Å². The van der Waals surface area contributed by atoms with Gasteiger partial charge in [0.15, 0.2) is 5.78 Å². The fourth-order valence-corrected chi connectivity index (χ4v) is 4.65. The van der Waals surface area contributed by atoms with Crippen molar-refractivity contribution in [3.63, 3.8) is 0 Å². The van der Waals surface area contributed by atoms with Gasteiger partial charge in [-0.25, -0.2) is 9.29 Å². The number of carbonyl (C=O) groups is 3. The Morgan fingerprint density at radius 2 is 1.81 bits per heavy atom. The predicted octanol–water partition coefficient (Wildman–Crippen LogP) is 2.33. The van der Waals surface area contributed by atoms with Gasteiger partial charge >= 0.3 is 0 Å². The van der Waals surface area contributed by atoms with Crippen LogP contribution in [0.1, 0.15) is 10.4 Å². The molecule has 160 valence electrons. The first-order valence-corrected chi connectivity index (χ1v) is 9.80. The Bertz CT molecular complexity index is 1240. The Balaban J connectivity index is 1.59. The molecule has 3 heterocycles. The maximum absolute atomic E-state index is 14.4. The lowest BCUT2D eigenvalue weighted by molar-refractivity contribution is -0.384. The number of benzene rings is 2. The SMILES string of the molecule is O=C(c1cccc([N+](=O)[O-])c1)[C@@H]1[C@@H]2C(=O)N(c3ccccc3F)C(=O)[C@H]2[C@H]2C=CC=NN21. The van der Waals surface area contributed by atoms with E-state index in [1.54, 1.807) is 12.2 Å². The number of ketones is 1. The van der Waals surface area contributed by atoms with Gasteiger partial charge in [-0.2, -0.15) is 5.10 Å². The second-order valence-corrected chi connectivity index (χ2v) is 7.65. The maximum atomic E-state index is 14.4. The summed E-state index contributed by atoms with van der Waals surface area (Å²) in [6, 6.07) is 8.76. The zero-order valence-electron chi connectivity index (χ0n) is 16.4. The number of nitro groups is 1. The van der Waals surface area contributed by atoms with Crippen LogP contribution < -0.4 is 4.90 Å². The molecule has 3 aliphatic rings. The van der Waals surface area contributed by atoms with Crippen molar-refractivity contribution < 1.29 is 23.7 Å². The predicted molar refractivity (Wildman–Crippen MR) is 110 cm³/mol. The molecule has 0 radical (unpaired) electrons. The lowest BCUT2D eigenvalue weighted by Gasteiger charge is -2.30. The normalized spacial score (nSPS) is 25.8. The molecule has 3 aliphatic heterocycles. The van der Waals surface area contributed by atoms with Gasteiger partial charge in [-0.05, 0) is 18.2 Å². The fourth-order valence-electron chi connectivity index (χ4n) is 4.65. The van der Waals surface area contributed by atoms with Crippen LogP contribution in [0.2, 0.25) is 0 Å². The molecule has 2 fully saturated rings. The molecule has 2 aromatic rings. The summed E-state index contributed by atoms with van der Waals surface area (Å²) in [6.45, 7) is 0. The molecule has 2 aromatic carbocycles. The summed E-state index contributed by atoms with van der Waals surface area (Å²) < 4.78 is 14.4. The van der Waals surface area contributed by atoms with Crippen LogP contribution in [0.25, 0.3) is 0 Å². The molecular formula is C22H15FN4O5. The van der Waals surface area contributed by atoms with Gasteiger partial charge in [-0.15, -0.1) is 0 Å². The maximum Gasteiger partial charge on any atom is 0.270 e. The summed E-state index contributed by atoms with van der Waals surface area (Å²) in [7, 11) is 0. The number of hydrogen-bond acceptors (Lipinski definition) is 7. The van der Waals surface area contributed by atoms with E-state index in [1.165, 1.54) is 47.6 Å². The van der Waals surface area contributed by atoms with Crippen molar-refractivity contribution in [1.29, 1.82) is 0 Å². The summed E-state index contributed by atoms with van der Waals surface area (Å²) in [5.41, 5.74) is -0.419. The van der Waals surface area contributed by atoms with Crippen LogP contribution in [0.15, 0.2) is 65.8 Å². The number of Topliss-reactive ketones (excluding diaryl/α,β-unsaturated/α-hetero) is 1. The van der Waals surface area contributed by atoms with Crippen molar-refractivity contribution in [3.8, 4) is 0 Å². The number of hydrazone groups is 1. The smallest absolute Gasteiger partial charge is 0.270 e. The molecule has 0 aromatic heterocycles. The van der Waals surface area contributed by atoms with E-state index in [9.17, 15) is 28.9 Å². The van der Waals surface area contributed by atoms with Crippen molar-refractivity contribution in [2.24, 2.45) is 16.9 Å². The fraction of sp³-hybridized carbons (Fsp3) is 0.182. The second-order valence-electron chi connectivity index (χ2n) is 7.65. The molecule has 0 N–H and O–H groups in total. The van der Waals surface area contributed by atoms with Gasteiger partial charge in [0.25, 0.3) is 5.69 Å². The summed E-state index contributed by atoms with van der Waals surface area (Å²) in [5.74, 6) is -4.68. The number of non-ortho nitro benzene ring substituents is 1. The van der Waals surface area contributed by atoms with Gasteiger partial charge in [-0.1, -0.05) is 30.3 Å². The molecular weight excluding hydrogens is 419 g/mol. The first-order chi connectivity index (χ1) is 15.4. The third-order valence-electron chi connectivity index (χ3n) is 5.99. The van der Waals surface area contributed by atoms with E-state index in [1.807, 2.05) is 0 Å². The Labute approximate surface area is 180 Å². The summed E-state index contributed by atoms with van der Waals surface area (Å²) in [5, 5.41) is 16.8. The molecule has 0 unspecified atom stereocenters. The van der Waals surface area contributed by atoms with E-state index in [4.69, 9.17) is 0 Å². The number of halogens is 1. The number of anilines is 1. The Morgan fingerprint density at radius 1 is 1.06 bits per heavy atom.